The summed E-state index contributed by atoms with van der Waals surface area (Å²) in [5.41, 5.74) is -0.591. The zero-order valence-electron chi connectivity index (χ0n) is 17.8. The molecule has 1 heterocycles. The van der Waals surface area contributed by atoms with Crippen LogP contribution in [-0.2, 0) is 14.3 Å². The lowest BCUT2D eigenvalue weighted by Gasteiger charge is -2.31. The van der Waals surface area contributed by atoms with Gasteiger partial charge >= 0.3 is 5.97 Å². The standard InChI is InChI=1S/C24H25F4NO3/c1-2-32-24(30)16-4-3-9-29(14-16)10-11-31-15-21(19-12-17(25)5-7-22(19)27)20-13-18(26)6-8-23(20)28/h5-8,12-13,15-16H,2-4,9-11,14H2,1H3/t16-/m1/s1. The van der Waals surface area contributed by atoms with E-state index in [1.165, 1.54) is 0 Å². The van der Waals surface area contributed by atoms with Crippen LogP contribution in [0.15, 0.2) is 42.7 Å². The van der Waals surface area contributed by atoms with Crippen LogP contribution < -0.4 is 0 Å². The van der Waals surface area contributed by atoms with Crippen molar-refractivity contribution in [1.29, 1.82) is 0 Å². The molecule has 0 aliphatic carbocycles. The summed E-state index contributed by atoms with van der Waals surface area (Å²) in [6, 6.07) is 5.52. The average molecular weight is 451 g/mol. The van der Waals surface area contributed by atoms with Crippen molar-refractivity contribution >= 4 is 11.5 Å². The van der Waals surface area contributed by atoms with E-state index in [4.69, 9.17) is 9.47 Å². The number of esters is 1. The summed E-state index contributed by atoms with van der Waals surface area (Å²) in [5, 5.41) is 0. The fourth-order valence-corrected chi connectivity index (χ4v) is 3.72. The van der Waals surface area contributed by atoms with Gasteiger partial charge in [0.05, 0.1) is 18.8 Å². The highest BCUT2D eigenvalue weighted by atomic mass is 19.1. The Morgan fingerprint density at radius 3 is 2.28 bits per heavy atom. The number of hydrogen-bond donors (Lipinski definition) is 0. The zero-order valence-corrected chi connectivity index (χ0v) is 17.8. The fourth-order valence-electron chi connectivity index (χ4n) is 3.72. The Hall–Kier alpha value is -2.87. The number of likely N-dealkylation sites (tertiary alicyclic amines) is 1. The fraction of sp³-hybridized carbons (Fsp3) is 0.375. The van der Waals surface area contributed by atoms with Crippen LogP contribution in [0.2, 0.25) is 0 Å². The molecule has 0 spiro atoms. The molecule has 1 aliphatic heterocycles. The maximum atomic E-state index is 14.4. The van der Waals surface area contributed by atoms with Gasteiger partial charge in [-0.25, -0.2) is 17.6 Å². The van der Waals surface area contributed by atoms with E-state index in [0.29, 0.717) is 19.7 Å². The largest absolute Gasteiger partial charge is 0.499 e. The van der Waals surface area contributed by atoms with E-state index in [0.717, 1.165) is 62.0 Å². The molecule has 1 saturated heterocycles. The first-order valence-electron chi connectivity index (χ1n) is 10.5. The molecule has 0 bridgehead atoms. The molecule has 1 fully saturated rings. The van der Waals surface area contributed by atoms with Gasteiger partial charge in [-0.05, 0) is 62.7 Å². The maximum absolute atomic E-state index is 14.4. The number of carbonyl (C=O) groups is 1. The monoisotopic (exact) mass is 451 g/mol. The Labute approximate surface area is 184 Å². The second-order valence-corrected chi connectivity index (χ2v) is 7.54. The van der Waals surface area contributed by atoms with Crippen molar-refractivity contribution in [3.05, 3.63) is 77.1 Å². The molecule has 0 unspecified atom stereocenters. The molecule has 172 valence electrons. The molecule has 8 heteroatoms. The molecule has 4 nitrogen and oxygen atoms in total. The number of nitrogens with zero attached hydrogens (tertiary/aromatic N) is 1. The molecular weight excluding hydrogens is 426 g/mol. The molecule has 1 aliphatic rings. The van der Waals surface area contributed by atoms with Crippen molar-refractivity contribution in [2.75, 3.05) is 32.8 Å². The molecule has 0 saturated carbocycles. The molecular formula is C24H25F4NO3. The highest BCUT2D eigenvalue weighted by Crippen LogP contribution is 2.29. The number of ether oxygens (including phenoxy) is 2. The van der Waals surface area contributed by atoms with Crippen LogP contribution in [0.25, 0.3) is 5.57 Å². The molecule has 0 N–H and O–H groups in total. The van der Waals surface area contributed by atoms with Crippen LogP contribution in [0.5, 0.6) is 0 Å². The molecule has 1 atom stereocenters. The lowest BCUT2D eigenvalue weighted by atomic mass is 9.98. The number of halogens is 4. The Bertz CT molecular complexity index is 926. The summed E-state index contributed by atoms with van der Waals surface area (Å²) >= 11 is 0. The minimum Gasteiger partial charge on any atom is -0.499 e. The van der Waals surface area contributed by atoms with E-state index in [-0.39, 0.29) is 35.2 Å². The smallest absolute Gasteiger partial charge is 0.310 e. The van der Waals surface area contributed by atoms with Gasteiger partial charge in [-0.15, -0.1) is 0 Å². The lowest BCUT2D eigenvalue weighted by Crippen LogP contribution is -2.40. The van der Waals surface area contributed by atoms with E-state index in [1.54, 1.807) is 6.92 Å². The summed E-state index contributed by atoms with van der Waals surface area (Å²) in [4.78, 5) is 14.0. The van der Waals surface area contributed by atoms with Gasteiger partial charge < -0.3 is 9.47 Å². The molecule has 3 rings (SSSR count). The van der Waals surface area contributed by atoms with E-state index in [9.17, 15) is 22.4 Å². The predicted molar refractivity (Wildman–Crippen MR) is 112 cm³/mol. The number of carbonyl (C=O) groups excluding carboxylic acids is 1. The van der Waals surface area contributed by atoms with Crippen molar-refractivity contribution < 1.29 is 31.8 Å². The van der Waals surface area contributed by atoms with Crippen molar-refractivity contribution in [1.82, 2.24) is 4.90 Å². The number of benzene rings is 2. The Morgan fingerprint density at radius 2 is 1.69 bits per heavy atom. The van der Waals surface area contributed by atoms with Gasteiger partial charge in [-0.1, -0.05) is 0 Å². The Morgan fingerprint density at radius 1 is 1.06 bits per heavy atom. The minimum absolute atomic E-state index is 0.109. The topological polar surface area (TPSA) is 38.8 Å². The first-order chi connectivity index (χ1) is 15.4. The van der Waals surface area contributed by atoms with E-state index < -0.39 is 23.3 Å². The van der Waals surface area contributed by atoms with Crippen molar-refractivity contribution in [2.45, 2.75) is 19.8 Å². The maximum Gasteiger partial charge on any atom is 0.310 e. The van der Waals surface area contributed by atoms with Gasteiger partial charge in [0.25, 0.3) is 0 Å². The van der Waals surface area contributed by atoms with Crippen molar-refractivity contribution in [3.63, 3.8) is 0 Å². The summed E-state index contributed by atoms with van der Waals surface area (Å²) in [6.07, 6.45) is 2.72. The summed E-state index contributed by atoms with van der Waals surface area (Å²) in [7, 11) is 0. The highest BCUT2D eigenvalue weighted by Gasteiger charge is 2.26. The SMILES string of the molecule is CCOC(=O)[C@@H]1CCCN(CCOC=C(c2cc(F)ccc2F)c2cc(F)ccc2F)C1. The first-order valence-corrected chi connectivity index (χ1v) is 10.5. The summed E-state index contributed by atoms with van der Waals surface area (Å²) < 4.78 is 66.9. The lowest BCUT2D eigenvalue weighted by molar-refractivity contribution is -0.150. The third-order valence-electron chi connectivity index (χ3n) is 5.29. The number of rotatable bonds is 8. The van der Waals surface area contributed by atoms with Gasteiger partial charge in [0, 0.05) is 29.8 Å². The number of hydrogen-bond acceptors (Lipinski definition) is 4. The third-order valence-corrected chi connectivity index (χ3v) is 5.29. The predicted octanol–water partition coefficient (Wildman–Crippen LogP) is 4.92. The van der Waals surface area contributed by atoms with Crippen LogP contribution in [0.1, 0.15) is 30.9 Å². The van der Waals surface area contributed by atoms with Crippen LogP contribution in [0, 0.1) is 29.2 Å². The van der Waals surface area contributed by atoms with Crippen LogP contribution >= 0.6 is 0 Å². The Kier molecular flexibility index (Phi) is 8.27. The zero-order chi connectivity index (χ0) is 23.1. The third kappa shape index (κ3) is 6.09. The van der Waals surface area contributed by atoms with Crippen molar-refractivity contribution in [3.8, 4) is 0 Å². The van der Waals surface area contributed by atoms with E-state index in [1.807, 2.05) is 4.90 Å². The molecule has 0 amide bonds. The van der Waals surface area contributed by atoms with Crippen LogP contribution in [0.3, 0.4) is 0 Å². The quantitative estimate of drug-likeness (QED) is 0.247. The average Bonchev–Trinajstić information content (AvgIpc) is 2.78. The molecule has 32 heavy (non-hydrogen) atoms. The van der Waals surface area contributed by atoms with Gasteiger partial charge in [0.15, 0.2) is 0 Å². The molecule has 0 aromatic heterocycles. The first kappa shape index (κ1) is 23.8. The van der Waals surface area contributed by atoms with Gasteiger partial charge in [0.1, 0.15) is 29.9 Å². The van der Waals surface area contributed by atoms with Gasteiger partial charge in [-0.2, -0.15) is 0 Å². The summed E-state index contributed by atoms with van der Waals surface area (Å²) in [5.74, 6) is -3.44. The molecule has 2 aromatic carbocycles. The summed E-state index contributed by atoms with van der Waals surface area (Å²) in [6.45, 7) is 4.05. The normalized spacial score (nSPS) is 16.5. The highest BCUT2D eigenvalue weighted by molar-refractivity contribution is 5.79. The van der Waals surface area contributed by atoms with Crippen LogP contribution in [0.4, 0.5) is 17.6 Å². The number of piperidine rings is 1. The van der Waals surface area contributed by atoms with Gasteiger partial charge in [0.2, 0.25) is 0 Å². The van der Waals surface area contributed by atoms with Crippen LogP contribution in [-0.4, -0.2) is 43.7 Å². The minimum atomic E-state index is -0.793. The van der Waals surface area contributed by atoms with E-state index >= 15 is 0 Å². The van der Waals surface area contributed by atoms with E-state index in [2.05, 4.69) is 0 Å². The Balaban J connectivity index is 1.73. The molecule has 2 aromatic rings. The van der Waals surface area contributed by atoms with Crippen molar-refractivity contribution in [2.24, 2.45) is 5.92 Å². The van der Waals surface area contributed by atoms with Gasteiger partial charge in [-0.3, -0.25) is 9.69 Å². The second kappa shape index (κ2) is 11.1. The second-order valence-electron chi connectivity index (χ2n) is 7.54. The molecule has 0 radical (unpaired) electrons.